The smallest absolute Gasteiger partial charge is 0.232 e. The zero-order chi connectivity index (χ0) is 34.0. The summed E-state index contributed by atoms with van der Waals surface area (Å²) in [5.41, 5.74) is 4.64. The average Bonchev–Trinajstić information content (AvgIpc) is 3.08. The molecule has 0 radical (unpaired) electrons. The van der Waals surface area contributed by atoms with Crippen LogP contribution in [0.1, 0.15) is 24.0 Å². The predicted octanol–water partition coefficient (Wildman–Crippen LogP) is 3.71. The van der Waals surface area contributed by atoms with E-state index in [-0.39, 0.29) is 23.0 Å². The number of ether oxygens (including phenoxy) is 1. The van der Waals surface area contributed by atoms with E-state index in [4.69, 9.17) is 4.74 Å². The highest BCUT2D eigenvalue weighted by Gasteiger charge is 2.28. The molecule has 6 rings (SSSR count). The van der Waals surface area contributed by atoms with Crippen molar-refractivity contribution in [3.05, 3.63) is 54.0 Å². The fraction of sp³-hybridized carbons (Fsp3) is 0.424. The number of piperazine rings is 1. The Labute approximate surface area is 281 Å². The monoisotopic (exact) mass is 671 g/mol. The Balaban J connectivity index is 1.24. The van der Waals surface area contributed by atoms with Crippen LogP contribution in [-0.2, 0) is 10.0 Å². The molecule has 2 aliphatic rings. The van der Waals surface area contributed by atoms with Crippen molar-refractivity contribution in [1.82, 2.24) is 29.7 Å². The summed E-state index contributed by atoms with van der Waals surface area (Å²) < 4.78 is 32.2. The summed E-state index contributed by atoms with van der Waals surface area (Å²) in [7, 11) is 1.60. The van der Waals surface area contributed by atoms with E-state index in [1.807, 2.05) is 6.07 Å². The first-order valence-electron chi connectivity index (χ1n) is 15.9. The number of aromatic nitrogens is 4. The fourth-order valence-electron chi connectivity index (χ4n) is 6.42. The molecule has 2 fully saturated rings. The summed E-state index contributed by atoms with van der Waals surface area (Å²) in [4.78, 5) is 25.2. The van der Waals surface area contributed by atoms with Crippen LogP contribution in [-0.4, -0.2) is 111 Å². The minimum Gasteiger partial charge on any atom is -0.494 e. The van der Waals surface area contributed by atoms with E-state index in [1.54, 1.807) is 19.2 Å². The second-order valence-electron chi connectivity index (χ2n) is 12.3. The predicted molar refractivity (Wildman–Crippen MR) is 188 cm³/mol. The van der Waals surface area contributed by atoms with E-state index >= 15 is 0 Å². The number of hydrogen-bond acceptors (Lipinski definition) is 13. The molecule has 2 aromatic heterocycles. The molecule has 2 N–H and O–H groups in total. The van der Waals surface area contributed by atoms with Crippen LogP contribution in [0.2, 0.25) is 0 Å². The highest BCUT2D eigenvalue weighted by molar-refractivity contribution is 7.92. The van der Waals surface area contributed by atoms with E-state index in [0.29, 0.717) is 34.2 Å². The Kier molecular flexibility index (Phi) is 9.49. The first kappa shape index (κ1) is 33.1. The van der Waals surface area contributed by atoms with Crippen molar-refractivity contribution in [3.63, 3.8) is 0 Å². The van der Waals surface area contributed by atoms with Crippen molar-refractivity contribution in [2.24, 2.45) is 0 Å². The Morgan fingerprint density at radius 1 is 1.00 bits per heavy atom. The number of likely N-dealkylation sites (N-methyl/N-ethyl adjacent to an activating group) is 1. The Morgan fingerprint density at radius 2 is 1.73 bits per heavy atom. The summed E-state index contributed by atoms with van der Waals surface area (Å²) in [6.07, 6.45) is 7.82. The maximum Gasteiger partial charge on any atom is 0.232 e. The number of nitrogens with zero attached hydrogens (tertiary/aromatic N) is 9. The molecular weight excluding hydrogens is 631 g/mol. The molecule has 2 aliphatic heterocycles. The third-order valence-electron chi connectivity index (χ3n) is 9.21. The molecule has 48 heavy (non-hydrogen) atoms. The van der Waals surface area contributed by atoms with Gasteiger partial charge in [-0.05, 0) is 50.6 Å². The molecule has 4 heterocycles. The first-order chi connectivity index (χ1) is 23.0. The lowest BCUT2D eigenvalue weighted by molar-refractivity contribution is 0.0982. The normalized spacial score (nSPS) is 16.5. The number of fused-ring (bicyclic) bond motifs is 1. The minimum absolute atomic E-state index is 0.172. The minimum atomic E-state index is -3.67. The standard InChI is InChI=1S/C33H41N11O3S/c1-22-18-27(29(47-4)19-28(22)44-12-8-24(9-13-44)43-16-14-41(2)15-17-43)39-33-37-21-23(20-34)32(40-33)38-26-7-6-25-30(36-11-10-35-25)31(26)42(3)48(5,45)46/h6-7,10-11,18-19,21,24H,8-9,12-17H2,1-5H3,(H2,37,38,39,40). The van der Waals surface area contributed by atoms with E-state index < -0.39 is 10.0 Å². The number of nitriles is 1. The maximum absolute atomic E-state index is 12.6. The molecule has 0 bridgehead atoms. The number of rotatable bonds is 9. The molecule has 2 saturated heterocycles. The van der Waals surface area contributed by atoms with Crippen LogP contribution in [0.4, 0.5) is 34.5 Å². The molecular formula is C33H41N11O3S. The van der Waals surface area contributed by atoms with E-state index in [0.717, 1.165) is 73.9 Å². The summed E-state index contributed by atoms with van der Waals surface area (Å²) in [5, 5.41) is 16.3. The SMILES string of the molecule is COc1cc(N2CCC(N3CCN(C)CC3)CC2)c(C)cc1Nc1ncc(C#N)c(Nc2ccc3nccnc3c2N(C)S(C)(=O)=O)n1. The number of sulfonamides is 1. The Hall–Kier alpha value is -4.78. The molecule has 0 unspecified atom stereocenters. The molecule has 0 aliphatic carbocycles. The molecule has 0 atom stereocenters. The summed E-state index contributed by atoms with van der Waals surface area (Å²) in [6.45, 7) is 8.59. The van der Waals surface area contributed by atoms with Gasteiger partial charge in [0.25, 0.3) is 0 Å². The average molecular weight is 672 g/mol. The van der Waals surface area contributed by atoms with Crippen LogP contribution in [0.25, 0.3) is 11.0 Å². The Bertz CT molecular complexity index is 1950. The number of anilines is 6. The van der Waals surface area contributed by atoms with Crippen LogP contribution in [0.5, 0.6) is 5.75 Å². The van der Waals surface area contributed by atoms with Crippen molar-refractivity contribution < 1.29 is 13.2 Å². The van der Waals surface area contributed by atoms with Gasteiger partial charge >= 0.3 is 0 Å². The van der Waals surface area contributed by atoms with Crippen LogP contribution < -0.4 is 24.6 Å². The second-order valence-corrected chi connectivity index (χ2v) is 14.3. The van der Waals surface area contributed by atoms with Gasteiger partial charge in [0.15, 0.2) is 5.82 Å². The first-order valence-corrected chi connectivity index (χ1v) is 17.8. The second kappa shape index (κ2) is 13.8. The number of aryl methyl sites for hydroxylation is 1. The number of methoxy groups -OCH3 is 1. The van der Waals surface area contributed by atoms with Crippen molar-refractivity contribution in [3.8, 4) is 11.8 Å². The molecule has 0 spiro atoms. The van der Waals surface area contributed by atoms with Gasteiger partial charge in [-0.1, -0.05) is 0 Å². The maximum atomic E-state index is 12.6. The number of benzene rings is 2. The molecule has 2 aromatic carbocycles. The summed E-state index contributed by atoms with van der Waals surface area (Å²) in [6, 6.07) is 10.2. The fourth-order valence-corrected chi connectivity index (χ4v) is 6.93. The zero-order valence-corrected chi connectivity index (χ0v) is 28.8. The molecule has 0 amide bonds. The van der Waals surface area contributed by atoms with Gasteiger partial charge in [-0.25, -0.2) is 13.4 Å². The van der Waals surface area contributed by atoms with E-state index in [1.165, 1.54) is 25.6 Å². The van der Waals surface area contributed by atoms with Crippen LogP contribution in [0.3, 0.4) is 0 Å². The van der Waals surface area contributed by atoms with Gasteiger partial charge in [-0.2, -0.15) is 10.2 Å². The van der Waals surface area contributed by atoms with Gasteiger partial charge in [0.2, 0.25) is 16.0 Å². The topological polar surface area (TPSA) is 156 Å². The van der Waals surface area contributed by atoms with Crippen molar-refractivity contribution in [2.45, 2.75) is 25.8 Å². The Morgan fingerprint density at radius 3 is 2.42 bits per heavy atom. The van der Waals surface area contributed by atoms with E-state index in [2.05, 4.69) is 71.4 Å². The van der Waals surface area contributed by atoms with Crippen molar-refractivity contribution in [1.29, 1.82) is 5.26 Å². The molecule has 15 heteroatoms. The lowest BCUT2D eigenvalue weighted by Crippen LogP contribution is -2.52. The molecule has 4 aromatic rings. The van der Waals surface area contributed by atoms with Crippen molar-refractivity contribution >= 4 is 55.6 Å². The van der Waals surface area contributed by atoms with Crippen LogP contribution in [0, 0.1) is 18.3 Å². The molecule has 14 nitrogen and oxygen atoms in total. The molecule has 0 saturated carbocycles. The highest BCUT2D eigenvalue weighted by atomic mass is 32.2. The number of piperidine rings is 1. The highest BCUT2D eigenvalue weighted by Crippen LogP contribution is 2.38. The van der Waals surface area contributed by atoms with Gasteiger partial charge in [0.05, 0.1) is 36.5 Å². The number of nitrogens with one attached hydrogen (secondary N) is 2. The van der Waals surface area contributed by atoms with E-state index in [9.17, 15) is 13.7 Å². The van der Waals surface area contributed by atoms with Crippen molar-refractivity contribution in [2.75, 3.05) is 86.6 Å². The zero-order valence-electron chi connectivity index (χ0n) is 27.9. The van der Waals surface area contributed by atoms with Gasteiger partial charge in [0.1, 0.15) is 28.6 Å². The van der Waals surface area contributed by atoms with Gasteiger partial charge < -0.3 is 25.2 Å². The third-order valence-corrected chi connectivity index (χ3v) is 10.4. The summed E-state index contributed by atoms with van der Waals surface area (Å²) in [5.74, 6) is 1.06. The molecule has 252 valence electrons. The van der Waals surface area contributed by atoms with Gasteiger partial charge in [0, 0.05) is 76.5 Å². The van der Waals surface area contributed by atoms with Gasteiger partial charge in [-0.3, -0.25) is 19.2 Å². The quantitative estimate of drug-likeness (QED) is 0.266. The lowest BCUT2D eigenvalue weighted by atomic mass is 10.0. The third kappa shape index (κ3) is 6.91. The van der Waals surface area contributed by atoms with Crippen LogP contribution >= 0.6 is 0 Å². The van der Waals surface area contributed by atoms with Crippen LogP contribution in [0.15, 0.2) is 42.9 Å². The van der Waals surface area contributed by atoms with Gasteiger partial charge in [-0.15, -0.1) is 0 Å². The summed E-state index contributed by atoms with van der Waals surface area (Å²) >= 11 is 0. The number of hydrogen-bond donors (Lipinski definition) is 2. The lowest BCUT2D eigenvalue weighted by Gasteiger charge is -2.43. The largest absolute Gasteiger partial charge is 0.494 e.